The molecule has 102 valence electrons. The number of likely N-dealkylation sites (N-methyl/N-ethyl adjacent to an activating group) is 1. The zero-order valence-electron chi connectivity index (χ0n) is 11.2. The van der Waals surface area contributed by atoms with Gasteiger partial charge >= 0.3 is 5.97 Å². The Labute approximate surface area is 112 Å². The van der Waals surface area contributed by atoms with Crippen LogP contribution >= 0.6 is 0 Å². The number of carboxylic acids is 1. The maximum Gasteiger partial charge on any atom is 0.335 e. The van der Waals surface area contributed by atoms with E-state index in [1.165, 1.54) is 0 Å². The number of hydrogen-bond donors (Lipinski definition) is 1. The molecule has 1 aliphatic heterocycles. The highest BCUT2D eigenvalue weighted by molar-refractivity contribution is 5.97. The lowest BCUT2D eigenvalue weighted by atomic mass is 9.98. The molecule has 1 aromatic rings. The smallest absolute Gasteiger partial charge is 0.335 e. The first kappa shape index (κ1) is 13.5. The van der Waals surface area contributed by atoms with Crippen molar-refractivity contribution in [1.29, 1.82) is 0 Å². The normalized spacial score (nSPS) is 14.7. The molecule has 0 spiro atoms. The molecule has 0 aliphatic carbocycles. The molecule has 0 saturated heterocycles. The lowest BCUT2D eigenvalue weighted by Crippen LogP contribution is -2.39. The maximum atomic E-state index is 12.0. The molecule has 0 unspecified atom stereocenters. The predicted octanol–water partition coefficient (Wildman–Crippen LogP) is 1.23. The van der Waals surface area contributed by atoms with E-state index >= 15 is 0 Å². The molecule has 1 aromatic carbocycles. The summed E-state index contributed by atoms with van der Waals surface area (Å²) >= 11 is 0. The van der Waals surface area contributed by atoms with Gasteiger partial charge in [-0.25, -0.2) is 4.79 Å². The zero-order valence-corrected chi connectivity index (χ0v) is 11.2. The number of aromatic carboxylic acids is 1. The average Bonchev–Trinajstić information content (AvgIpc) is 2.36. The fourth-order valence-electron chi connectivity index (χ4n) is 2.24. The fraction of sp³-hybridized carbons (Fsp3) is 0.429. The second kappa shape index (κ2) is 5.40. The van der Waals surface area contributed by atoms with E-state index in [-0.39, 0.29) is 11.5 Å². The van der Waals surface area contributed by atoms with Gasteiger partial charge in [0.25, 0.3) is 0 Å². The molecule has 1 N–H and O–H groups in total. The van der Waals surface area contributed by atoms with Crippen molar-refractivity contribution in [2.45, 2.75) is 12.8 Å². The fourth-order valence-corrected chi connectivity index (χ4v) is 2.24. The van der Waals surface area contributed by atoms with E-state index in [4.69, 9.17) is 5.11 Å². The van der Waals surface area contributed by atoms with Crippen molar-refractivity contribution < 1.29 is 14.7 Å². The highest BCUT2D eigenvalue weighted by Gasteiger charge is 2.24. The topological polar surface area (TPSA) is 60.9 Å². The van der Waals surface area contributed by atoms with Crippen LogP contribution < -0.4 is 4.90 Å². The number of carbonyl (C=O) groups excluding carboxylic acids is 1. The minimum absolute atomic E-state index is 0.109. The summed E-state index contributed by atoms with van der Waals surface area (Å²) < 4.78 is 0. The minimum atomic E-state index is -0.931. The molecular formula is C14H18N2O3. The summed E-state index contributed by atoms with van der Waals surface area (Å²) in [5.41, 5.74) is 2.07. The number of nitrogens with zero attached hydrogens (tertiary/aromatic N) is 2. The molecule has 1 amide bonds. The highest BCUT2D eigenvalue weighted by atomic mass is 16.4. The van der Waals surface area contributed by atoms with Crippen LogP contribution in [0.2, 0.25) is 0 Å². The van der Waals surface area contributed by atoms with Gasteiger partial charge in [0.1, 0.15) is 0 Å². The van der Waals surface area contributed by atoms with Crippen molar-refractivity contribution >= 4 is 17.6 Å². The van der Waals surface area contributed by atoms with E-state index in [1.54, 1.807) is 23.1 Å². The van der Waals surface area contributed by atoms with Crippen LogP contribution in [0.1, 0.15) is 22.3 Å². The SMILES string of the molecule is CN(C)CCN1C(=O)CCc2cc(C(=O)O)ccc21. The molecule has 1 heterocycles. The standard InChI is InChI=1S/C14H18N2O3/c1-15(2)7-8-16-12-5-3-11(14(18)19)9-10(12)4-6-13(16)17/h3,5,9H,4,6-8H2,1-2H3,(H,18,19). The third-order valence-electron chi connectivity index (χ3n) is 3.30. The Morgan fingerprint density at radius 2 is 2.11 bits per heavy atom. The number of amides is 1. The average molecular weight is 262 g/mol. The minimum Gasteiger partial charge on any atom is -0.478 e. The van der Waals surface area contributed by atoms with Crippen LogP contribution in [0.5, 0.6) is 0 Å². The summed E-state index contributed by atoms with van der Waals surface area (Å²) in [4.78, 5) is 26.7. The largest absolute Gasteiger partial charge is 0.478 e. The van der Waals surface area contributed by atoms with E-state index in [9.17, 15) is 9.59 Å². The lowest BCUT2D eigenvalue weighted by molar-refractivity contribution is -0.118. The van der Waals surface area contributed by atoms with E-state index in [1.807, 2.05) is 19.0 Å². The zero-order chi connectivity index (χ0) is 14.0. The van der Waals surface area contributed by atoms with Gasteiger partial charge in [-0.15, -0.1) is 0 Å². The number of rotatable bonds is 4. The number of carbonyl (C=O) groups is 2. The van der Waals surface area contributed by atoms with Crippen LogP contribution in [-0.2, 0) is 11.2 Å². The number of hydrogen-bond acceptors (Lipinski definition) is 3. The van der Waals surface area contributed by atoms with E-state index < -0.39 is 5.97 Å². The number of anilines is 1. The Morgan fingerprint density at radius 1 is 1.37 bits per heavy atom. The molecular weight excluding hydrogens is 244 g/mol. The quantitative estimate of drug-likeness (QED) is 0.886. The van der Waals surface area contributed by atoms with E-state index in [2.05, 4.69) is 0 Å². The van der Waals surface area contributed by atoms with Gasteiger partial charge in [-0.3, -0.25) is 4.79 Å². The second-order valence-corrected chi connectivity index (χ2v) is 5.00. The van der Waals surface area contributed by atoms with Gasteiger partial charge in [0.2, 0.25) is 5.91 Å². The summed E-state index contributed by atoms with van der Waals surface area (Å²) in [6.45, 7) is 1.41. The van der Waals surface area contributed by atoms with Crippen LogP contribution in [-0.4, -0.2) is 49.1 Å². The first-order valence-corrected chi connectivity index (χ1v) is 6.30. The molecule has 1 aliphatic rings. The van der Waals surface area contributed by atoms with E-state index in [0.29, 0.717) is 19.4 Å². The van der Waals surface area contributed by atoms with E-state index in [0.717, 1.165) is 17.8 Å². The summed E-state index contributed by atoms with van der Waals surface area (Å²) in [6, 6.07) is 4.97. The summed E-state index contributed by atoms with van der Waals surface area (Å²) in [6.07, 6.45) is 1.07. The van der Waals surface area contributed by atoms with Crippen LogP contribution in [0, 0.1) is 0 Å². The first-order chi connectivity index (χ1) is 8.99. The van der Waals surface area contributed by atoms with Crippen molar-refractivity contribution in [2.75, 3.05) is 32.1 Å². The number of benzene rings is 1. The molecule has 0 radical (unpaired) electrons. The Morgan fingerprint density at radius 3 is 2.74 bits per heavy atom. The lowest BCUT2D eigenvalue weighted by Gasteiger charge is -2.30. The monoisotopic (exact) mass is 262 g/mol. The van der Waals surface area contributed by atoms with Gasteiger partial charge in [0.15, 0.2) is 0 Å². The van der Waals surface area contributed by atoms with Crippen LogP contribution in [0.25, 0.3) is 0 Å². The molecule has 5 nitrogen and oxygen atoms in total. The maximum absolute atomic E-state index is 12.0. The van der Waals surface area contributed by atoms with Crippen molar-refractivity contribution in [3.8, 4) is 0 Å². The highest BCUT2D eigenvalue weighted by Crippen LogP contribution is 2.28. The van der Waals surface area contributed by atoms with Gasteiger partial charge < -0.3 is 14.9 Å². The van der Waals surface area contributed by atoms with Crippen molar-refractivity contribution in [1.82, 2.24) is 4.90 Å². The van der Waals surface area contributed by atoms with Gasteiger partial charge in [-0.05, 0) is 44.3 Å². The molecule has 0 bridgehead atoms. The molecule has 2 rings (SSSR count). The Kier molecular flexibility index (Phi) is 3.85. The van der Waals surface area contributed by atoms with Crippen LogP contribution in [0.3, 0.4) is 0 Å². The van der Waals surface area contributed by atoms with Crippen molar-refractivity contribution in [3.63, 3.8) is 0 Å². The molecule has 0 saturated carbocycles. The van der Waals surface area contributed by atoms with Gasteiger partial charge in [-0.2, -0.15) is 0 Å². The Balaban J connectivity index is 2.28. The number of fused-ring (bicyclic) bond motifs is 1. The van der Waals surface area contributed by atoms with Crippen molar-refractivity contribution in [3.05, 3.63) is 29.3 Å². The van der Waals surface area contributed by atoms with Gasteiger partial charge in [0, 0.05) is 25.2 Å². The summed E-state index contributed by atoms with van der Waals surface area (Å²) in [5, 5.41) is 8.99. The van der Waals surface area contributed by atoms with Crippen LogP contribution in [0.15, 0.2) is 18.2 Å². The van der Waals surface area contributed by atoms with Crippen LogP contribution in [0.4, 0.5) is 5.69 Å². The molecule has 0 atom stereocenters. The molecule has 5 heteroatoms. The Bertz CT molecular complexity index is 511. The predicted molar refractivity (Wildman–Crippen MR) is 72.6 cm³/mol. The van der Waals surface area contributed by atoms with Gasteiger partial charge in [0.05, 0.1) is 5.56 Å². The molecule has 19 heavy (non-hydrogen) atoms. The summed E-state index contributed by atoms with van der Waals surface area (Å²) in [7, 11) is 3.92. The summed E-state index contributed by atoms with van der Waals surface area (Å²) in [5.74, 6) is -0.822. The van der Waals surface area contributed by atoms with Crippen molar-refractivity contribution in [2.24, 2.45) is 0 Å². The Hall–Kier alpha value is -1.88. The third kappa shape index (κ3) is 2.93. The van der Waals surface area contributed by atoms with Gasteiger partial charge in [-0.1, -0.05) is 0 Å². The first-order valence-electron chi connectivity index (χ1n) is 6.30. The molecule has 0 aromatic heterocycles. The third-order valence-corrected chi connectivity index (χ3v) is 3.30. The molecule has 0 fully saturated rings. The number of carboxylic acid groups (broad SMARTS) is 1. The number of aryl methyl sites for hydroxylation is 1. The second-order valence-electron chi connectivity index (χ2n) is 5.00.